The smallest absolute Gasteiger partial charge is 0.325 e. The van der Waals surface area contributed by atoms with Crippen LogP contribution in [0.1, 0.15) is 5.01 Å². The van der Waals surface area contributed by atoms with E-state index in [0.29, 0.717) is 23.8 Å². The van der Waals surface area contributed by atoms with E-state index in [1.54, 1.807) is 7.11 Å². The van der Waals surface area contributed by atoms with Crippen LogP contribution in [0.5, 0.6) is 11.5 Å². The SMILES string of the molecule is COc1ccc(OCCc2nnc(NC(=O)Nc3ccccc3)s2)cc1. The van der Waals surface area contributed by atoms with Crippen molar-refractivity contribution in [2.45, 2.75) is 6.42 Å². The van der Waals surface area contributed by atoms with Gasteiger partial charge >= 0.3 is 6.03 Å². The Labute approximate surface area is 155 Å². The molecule has 8 heteroatoms. The summed E-state index contributed by atoms with van der Waals surface area (Å²) in [4.78, 5) is 11.9. The molecule has 3 aromatic rings. The molecule has 3 rings (SSSR count). The number of methoxy groups -OCH3 is 1. The molecule has 0 spiro atoms. The number of ether oxygens (including phenoxy) is 2. The highest BCUT2D eigenvalue weighted by molar-refractivity contribution is 7.15. The van der Waals surface area contributed by atoms with Gasteiger partial charge in [-0.25, -0.2) is 4.79 Å². The first-order valence-electron chi connectivity index (χ1n) is 7.95. The summed E-state index contributed by atoms with van der Waals surface area (Å²) in [5.74, 6) is 1.54. The summed E-state index contributed by atoms with van der Waals surface area (Å²) in [6, 6.07) is 16.2. The molecule has 0 aliphatic heterocycles. The van der Waals surface area contributed by atoms with Crippen molar-refractivity contribution in [1.29, 1.82) is 0 Å². The minimum Gasteiger partial charge on any atom is -0.497 e. The van der Waals surface area contributed by atoms with Crippen LogP contribution in [0.4, 0.5) is 15.6 Å². The first-order chi connectivity index (χ1) is 12.7. The van der Waals surface area contributed by atoms with Crippen molar-refractivity contribution in [1.82, 2.24) is 10.2 Å². The minimum absolute atomic E-state index is 0.353. The standard InChI is InChI=1S/C18H18N4O3S/c1-24-14-7-9-15(10-8-14)25-12-11-16-21-22-18(26-16)20-17(23)19-13-5-3-2-4-6-13/h2-10H,11-12H2,1H3,(H2,19,20,22,23). The number of para-hydroxylation sites is 1. The van der Waals surface area contributed by atoms with Gasteiger partial charge in [-0.2, -0.15) is 0 Å². The Morgan fingerprint density at radius 1 is 1.00 bits per heavy atom. The monoisotopic (exact) mass is 370 g/mol. The van der Waals surface area contributed by atoms with Gasteiger partial charge in [0.15, 0.2) is 0 Å². The molecule has 1 heterocycles. The summed E-state index contributed by atoms with van der Waals surface area (Å²) in [5, 5.41) is 14.7. The average Bonchev–Trinajstić information content (AvgIpc) is 3.10. The van der Waals surface area contributed by atoms with E-state index in [2.05, 4.69) is 20.8 Å². The molecule has 0 saturated heterocycles. The zero-order chi connectivity index (χ0) is 18.2. The highest BCUT2D eigenvalue weighted by atomic mass is 32.1. The Balaban J connectivity index is 1.44. The van der Waals surface area contributed by atoms with Crippen molar-refractivity contribution in [3.05, 3.63) is 59.6 Å². The molecule has 0 bridgehead atoms. The summed E-state index contributed by atoms with van der Waals surface area (Å²) >= 11 is 1.32. The second-order valence-electron chi connectivity index (χ2n) is 5.22. The predicted octanol–water partition coefficient (Wildman–Crippen LogP) is 3.81. The fourth-order valence-corrected chi connectivity index (χ4v) is 2.83. The lowest BCUT2D eigenvalue weighted by Gasteiger charge is -2.05. The average molecular weight is 370 g/mol. The van der Waals surface area contributed by atoms with Gasteiger partial charge in [-0.3, -0.25) is 5.32 Å². The van der Waals surface area contributed by atoms with E-state index in [-0.39, 0.29) is 6.03 Å². The van der Waals surface area contributed by atoms with Crippen molar-refractivity contribution in [3.8, 4) is 11.5 Å². The Morgan fingerprint density at radius 3 is 2.46 bits per heavy atom. The van der Waals surface area contributed by atoms with Crippen molar-refractivity contribution in [2.75, 3.05) is 24.4 Å². The van der Waals surface area contributed by atoms with Crippen LogP contribution in [-0.4, -0.2) is 29.9 Å². The van der Waals surface area contributed by atoms with E-state index in [0.717, 1.165) is 16.5 Å². The molecular weight excluding hydrogens is 352 g/mol. The third-order valence-electron chi connectivity index (χ3n) is 3.36. The Morgan fingerprint density at radius 2 is 1.73 bits per heavy atom. The van der Waals surface area contributed by atoms with Crippen LogP contribution in [0.15, 0.2) is 54.6 Å². The Bertz CT molecular complexity index is 837. The largest absolute Gasteiger partial charge is 0.497 e. The molecule has 1 aromatic heterocycles. The number of benzene rings is 2. The number of hydrogen-bond donors (Lipinski definition) is 2. The van der Waals surface area contributed by atoms with Gasteiger partial charge in [0.05, 0.1) is 13.7 Å². The van der Waals surface area contributed by atoms with Crippen molar-refractivity contribution in [2.24, 2.45) is 0 Å². The van der Waals surface area contributed by atoms with E-state index in [1.807, 2.05) is 54.6 Å². The van der Waals surface area contributed by atoms with E-state index in [1.165, 1.54) is 11.3 Å². The number of anilines is 2. The van der Waals surface area contributed by atoms with Gasteiger partial charge in [0, 0.05) is 12.1 Å². The summed E-state index contributed by atoms with van der Waals surface area (Å²) < 4.78 is 10.8. The van der Waals surface area contributed by atoms with Crippen LogP contribution in [0.25, 0.3) is 0 Å². The number of carbonyl (C=O) groups excluding carboxylic acids is 1. The normalized spacial score (nSPS) is 10.2. The molecule has 0 atom stereocenters. The molecule has 0 saturated carbocycles. The van der Waals surface area contributed by atoms with Crippen LogP contribution < -0.4 is 20.1 Å². The first-order valence-corrected chi connectivity index (χ1v) is 8.77. The Kier molecular flexibility index (Phi) is 6.00. The number of aromatic nitrogens is 2. The molecule has 0 fully saturated rings. The lowest BCUT2D eigenvalue weighted by molar-refractivity contribution is 0.262. The topological polar surface area (TPSA) is 85.4 Å². The number of nitrogens with one attached hydrogen (secondary N) is 2. The van der Waals surface area contributed by atoms with Gasteiger partial charge in [0.1, 0.15) is 16.5 Å². The molecule has 2 N–H and O–H groups in total. The van der Waals surface area contributed by atoms with Crippen LogP contribution >= 0.6 is 11.3 Å². The maximum atomic E-state index is 11.9. The van der Waals surface area contributed by atoms with Gasteiger partial charge in [-0.1, -0.05) is 29.5 Å². The number of carbonyl (C=O) groups is 1. The van der Waals surface area contributed by atoms with Crippen molar-refractivity contribution in [3.63, 3.8) is 0 Å². The van der Waals surface area contributed by atoms with Crippen molar-refractivity contribution >= 4 is 28.2 Å². The van der Waals surface area contributed by atoms with Gasteiger partial charge in [0.2, 0.25) is 5.13 Å². The van der Waals surface area contributed by atoms with E-state index < -0.39 is 0 Å². The summed E-state index contributed by atoms with van der Waals surface area (Å²) in [5.41, 5.74) is 0.711. The van der Waals surface area contributed by atoms with Gasteiger partial charge < -0.3 is 14.8 Å². The summed E-state index contributed by atoms with van der Waals surface area (Å²) in [6.45, 7) is 0.469. The summed E-state index contributed by atoms with van der Waals surface area (Å²) in [7, 11) is 1.62. The summed E-state index contributed by atoms with van der Waals surface area (Å²) in [6.07, 6.45) is 0.603. The third-order valence-corrected chi connectivity index (χ3v) is 4.26. The molecule has 0 aliphatic rings. The molecule has 2 aromatic carbocycles. The molecule has 0 aliphatic carbocycles. The number of urea groups is 1. The molecule has 0 radical (unpaired) electrons. The van der Waals surface area contributed by atoms with Crippen molar-refractivity contribution < 1.29 is 14.3 Å². The highest BCUT2D eigenvalue weighted by Gasteiger charge is 2.08. The lowest BCUT2D eigenvalue weighted by Crippen LogP contribution is -2.19. The number of amides is 2. The van der Waals surface area contributed by atoms with E-state index in [4.69, 9.17) is 9.47 Å². The number of rotatable bonds is 7. The fraction of sp³-hybridized carbons (Fsp3) is 0.167. The van der Waals surface area contributed by atoms with Gasteiger partial charge in [0.25, 0.3) is 0 Å². The zero-order valence-corrected chi connectivity index (χ0v) is 15.0. The highest BCUT2D eigenvalue weighted by Crippen LogP contribution is 2.19. The second-order valence-corrected chi connectivity index (χ2v) is 6.28. The zero-order valence-electron chi connectivity index (χ0n) is 14.1. The van der Waals surface area contributed by atoms with E-state index in [9.17, 15) is 4.79 Å². The van der Waals surface area contributed by atoms with Gasteiger partial charge in [-0.05, 0) is 36.4 Å². The Hall–Kier alpha value is -3.13. The van der Waals surface area contributed by atoms with E-state index >= 15 is 0 Å². The molecule has 26 heavy (non-hydrogen) atoms. The van der Waals surface area contributed by atoms with Crippen LogP contribution in [0, 0.1) is 0 Å². The minimum atomic E-state index is -0.353. The number of hydrogen-bond acceptors (Lipinski definition) is 6. The maximum absolute atomic E-state index is 11.9. The van der Waals surface area contributed by atoms with Crippen LogP contribution in [-0.2, 0) is 6.42 Å². The quantitative estimate of drug-likeness (QED) is 0.660. The predicted molar refractivity (Wildman–Crippen MR) is 101 cm³/mol. The second kappa shape index (κ2) is 8.82. The van der Waals surface area contributed by atoms with Crippen LogP contribution in [0.3, 0.4) is 0 Å². The molecule has 0 unspecified atom stereocenters. The molecule has 134 valence electrons. The lowest BCUT2D eigenvalue weighted by atomic mass is 10.3. The third kappa shape index (κ3) is 5.18. The number of nitrogens with zero attached hydrogens (tertiary/aromatic N) is 2. The molecule has 2 amide bonds. The van der Waals surface area contributed by atoms with Crippen LogP contribution in [0.2, 0.25) is 0 Å². The maximum Gasteiger partial charge on any atom is 0.325 e. The fourth-order valence-electron chi connectivity index (χ4n) is 2.11. The van der Waals surface area contributed by atoms with Gasteiger partial charge in [-0.15, -0.1) is 10.2 Å². The molecular formula is C18H18N4O3S. The first kappa shape index (κ1) is 17.7. The molecule has 7 nitrogen and oxygen atoms in total.